The van der Waals surface area contributed by atoms with Gasteiger partial charge in [-0.25, -0.2) is 0 Å². The van der Waals surface area contributed by atoms with Crippen LogP contribution in [0.2, 0.25) is 0 Å². The summed E-state index contributed by atoms with van der Waals surface area (Å²) < 4.78 is 3.40. The molecule has 7 heteroatoms. The summed E-state index contributed by atoms with van der Waals surface area (Å²) in [5.74, 6) is 0. The zero-order valence-electron chi connectivity index (χ0n) is 13.0. The van der Waals surface area contributed by atoms with Crippen molar-refractivity contribution < 1.29 is 8.69 Å². The summed E-state index contributed by atoms with van der Waals surface area (Å²) >= 11 is 8.55. The van der Waals surface area contributed by atoms with Crippen LogP contribution in [0.5, 0.6) is 0 Å². The molecule has 3 nitrogen and oxygen atoms in total. The fourth-order valence-corrected chi connectivity index (χ4v) is 13.9. The highest BCUT2D eigenvalue weighted by atomic mass is 32.4. The van der Waals surface area contributed by atoms with Crippen LogP contribution >= 0.6 is 48.5 Å². The molecule has 0 aromatic carbocycles. The Kier molecular flexibility index (Phi) is 2.11. The van der Waals surface area contributed by atoms with Crippen LogP contribution in [0.1, 0.15) is 55.4 Å². The van der Waals surface area contributed by atoms with E-state index in [0.717, 1.165) is 2.10 Å². The van der Waals surface area contributed by atoms with Gasteiger partial charge in [0.15, 0.2) is 22.2 Å². The number of rotatable bonds is 0. The van der Waals surface area contributed by atoms with Crippen LogP contribution in [0.25, 0.3) is 0 Å². The van der Waals surface area contributed by atoms with E-state index in [9.17, 15) is 0 Å². The third-order valence-corrected chi connectivity index (χ3v) is 15.3. The first-order valence-electron chi connectivity index (χ1n) is 6.86. The van der Waals surface area contributed by atoms with Gasteiger partial charge in [-0.1, -0.05) is 6.59 Å². The van der Waals surface area contributed by atoms with Crippen molar-refractivity contribution in [3.63, 3.8) is 0 Å². The van der Waals surface area contributed by atoms with Crippen LogP contribution in [0.4, 0.5) is 0 Å². The van der Waals surface area contributed by atoms with Gasteiger partial charge in [0.05, 0.1) is 0 Å². The third kappa shape index (κ3) is 1.02. The van der Waals surface area contributed by atoms with E-state index in [1.165, 1.54) is 6.59 Å². The van der Waals surface area contributed by atoms with Gasteiger partial charge in [0.2, 0.25) is 0 Å². The number of hydrogen-bond acceptors (Lipinski definition) is 4. The quantitative estimate of drug-likeness (QED) is 0.351. The lowest BCUT2D eigenvalue weighted by molar-refractivity contribution is -0.727. The van der Waals surface area contributed by atoms with Crippen LogP contribution < -0.4 is 0 Å². The Morgan fingerprint density at radius 3 is 0.842 bits per heavy atom. The van der Waals surface area contributed by atoms with Crippen molar-refractivity contribution in [1.29, 1.82) is 0 Å². The van der Waals surface area contributed by atoms with Gasteiger partial charge in [0.1, 0.15) is 2.10 Å². The van der Waals surface area contributed by atoms with E-state index in [2.05, 4.69) is 104 Å². The predicted octanol–water partition coefficient (Wildman–Crippen LogP) is 4.86. The molecule has 4 heterocycles. The summed E-state index contributed by atoms with van der Waals surface area (Å²) in [5.41, 5.74) is 1.60. The topological polar surface area (TPSA) is 0 Å². The molecule has 0 radical (unpaired) electrons. The number of quaternary nitrogens is 3. The highest BCUT2D eigenvalue weighted by Crippen LogP contribution is 2.95. The molecule has 108 valence electrons. The van der Waals surface area contributed by atoms with Crippen LogP contribution in [0.3, 0.4) is 0 Å². The Bertz CT molecular complexity index is 418. The molecule has 0 N–H and O–H groups in total. The van der Waals surface area contributed by atoms with Crippen LogP contribution in [0.15, 0.2) is 0 Å². The van der Waals surface area contributed by atoms with Gasteiger partial charge in [0, 0.05) is 0 Å². The smallest absolute Gasteiger partial charge is 0.0736 e. The van der Waals surface area contributed by atoms with E-state index < -0.39 is 0 Å². The van der Waals surface area contributed by atoms with E-state index in [1.54, 1.807) is 0 Å². The monoisotopic (exact) mass is 338 g/mol. The van der Waals surface area contributed by atoms with E-state index in [1.807, 2.05) is 0 Å². The second-order valence-corrected chi connectivity index (χ2v) is 15.0. The standard InChI is InChI=1S/C12H24N3S4/c1-9(2)10(3,4)13(9)16-15(17-13)18-14(19-15)11(5,6)12(14,7)8/h1-8H3/q+3. The molecule has 0 unspecified atom stereocenters. The normalized spacial score (nSPS) is 41.7. The maximum atomic E-state index is 2.41. The van der Waals surface area contributed by atoms with Gasteiger partial charge in [-0.2, -0.15) is 0 Å². The van der Waals surface area contributed by atoms with Crippen molar-refractivity contribution >= 4 is 48.5 Å². The minimum Gasteiger partial charge on any atom is -0.0736 e. The van der Waals surface area contributed by atoms with Crippen molar-refractivity contribution in [2.45, 2.75) is 77.5 Å². The second kappa shape index (κ2) is 2.88. The molecule has 4 aliphatic heterocycles. The molecule has 4 saturated heterocycles. The molecule has 0 aromatic heterocycles. The first kappa shape index (κ1) is 13.9. The molecular formula is C12H24N3S4+3. The molecule has 0 amide bonds. The molecule has 0 aliphatic carbocycles. The summed E-state index contributed by atoms with van der Waals surface area (Å²) in [5, 5.41) is 0. The summed E-state index contributed by atoms with van der Waals surface area (Å²) in [6.07, 6.45) is 0. The molecule has 0 aromatic rings. The van der Waals surface area contributed by atoms with Crippen molar-refractivity contribution in [1.82, 2.24) is 0 Å². The molecule has 4 rings (SSSR count). The molecule has 19 heavy (non-hydrogen) atoms. The van der Waals surface area contributed by atoms with E-state index in [0.29, 0.717) is 22.2 Å². The molecule has 0 saturated carbocycles. The van der Waals surface area contributed by atoms with Gasteiger partial charge in [-0.05, 0) is 55.4 Å². The Hall–Kier alpha value is 1.28. The molecular weight excluding hydrogens is 314 g/mol. The Morgan fingerprint density at radius 1 is 0.474 bits per heavy atom. The summed E-state index contributed by atoms with van der Waals surface area (Å²) in [6.45, 7) is 19.3. The SMILES string of the molecule is CC1(C)C(C)(C)[N+]12S[N+]1(S2)S[N+]2(S1)C(C)(C)C2(C)C. The fourth-order valence-electron chi connectivity index (χ4n) is 3.61. The number of hydrogen-bond donors (Lipinski definition) is 0. The Morgan fingerprint density at radius 2 is 0.684 bits per heavy atom. The fraction of sp³-hybridized carbons (Fsp3) is 1.00. The molecule has 0 bridgehead atoms. The van der Waals surface area contributed by atoms with Gasteiger partial charge >= 0.3 is 48.5 Å². The highest BCUT2D eigenvalue weighted by Gasteiger charge is 3.08. The van der Waals surface area contributed by atoms with Crippen molar-refractivity contribution in [2.24, 2.45) is 0 Å². The van der Waals surface area contributed by atoms with Gasteiger partial charge in [-0.15, -0.1) is 0 Å². The summed E-state index contributed by atoms with van der Waals surface area (Å²) in [4.78, 5) is 0. The van der Waals surface area contributed by atoms with Crippen molar-refractivity contribution in [3.05, 3.63) is 0 Å². The van der Waals surface area contributed by atoms with Crippen molar-refractivity contribution in [2.75, 3.05) is 0 Å². The van der Waals surface area contributed by atoms with Crippen LogP contribution in [-0.4, -0.2) is 30.8 Å². The van der Waals surface area contributed by atoms with Crippen molar-refractivity contribution in [3.8, 4) is 0 Å². The zero-order valence-corrected chi connectivity index (χ0v) is 16.2. The third-order valence-electron chi connectivity index (χ3n) is 6.70. The maximum Gasteiger partial charge on any atom is 0.396 e. The van der Waals surface area contributed by atoms with Crippen LogP contribution in [0, 0.1) is 0 Å². The lowest BCUT2D eigenvalue weighted by Gasteiger charge is -2.41. The minimum atomic E-state index is 0.400. The molecule has 3 spiro atoms. The minimum absolute atomic E-state index is 0.400. The molecule has 4 fully saturated rings. The predicted molar refractivity (Wildman–Crippen MR) is 87.5 cm³/mol. The lowest BCUT2D eigenvalue weighted by Crippen LogP contribution is -2.55. The average Bonchev–Trinajstić information content (AvgIpc) is 2.62. The first-order valence-corrected chi connectivity index (χ1v) is 9.78. The summed E-state index contributed by atoms with van der Waals surface area (Å²) in [6, 6.07) is 0. The van der Waals surface area contributed by atoms with Gasteiger partial charge < -0.3 is 0 Å². The van der Waals surface area contributed by atoms with Gasteiger partial charge in [-0.3, -0.25) is 0 Å². The molecule has 0 atom stereocenters. The molecule has 4 aliphatic rings. The lowest BCUT2D eigenvalue weighted by atomic mass is 10.0. The van der Waals surface area contributed by atoms with Crippen LogP contribution in [-0.2, 0) is 0 Å². The number of nitrogens with zero attached hydrogens (tertiary/aromatic N) is 3. The highest BCUT2D eigenvalue weighted by molar-refractivity contribution is 8.35. The van der Waals surface area contributed by atoms with E-state index in [4.69, 9.17) is 0 Å². The van der Waals surface area contributed by atoms with E-state index >= 15 is 0 Å². The largest absolute Gasteiger partial charge is 0.396 e. The average molecular weight is 339 g/mol. The van der Waals surface area contributed by atoms with E-state index in [-0.39, 0.29) is 0 Å². The van der Waals surface area contributed by atoms with Gasteiger partial charge in [0.25, 0.3) is 0 Å². The Labute approximate surface area is 134 Å². The first-order chi connectivity index (χ1) is 8.33. The second-order valence-electron chi connectivity index (χ2n) is 8.11. The summed E-state index contributed by atoms with van der Waals surface area (Å²) in [7, 11) is 0. The Balaban J connectivity index is 1.51. The maximum absolute atomic E-state index is 2.41. The zero-order chi connectivity index (χ0) is 14.3.